The van der Waals surface area contributed by atoms with Gasteiger partial charge in [0.2, 0.25) is 0 Å². The highest BCUT2D eigenvalue weighted by Crippen LogP contribution is 2.37. The molecule has 1 aliphatic rings. The minimum Gasteiger partial charge on any atom is -0.497 e. The van der Waals surface area contributed by atoms with Crippen molar-refractivity contribution in [1.29, 1.82) is 0 Å². The average Bonchev–Trinajstić information content (AvgIpc) is 3.09. The fourth-order valence-corrected chi connectivity index (χ4v) is 3.63. The molecule has 0 saturated heterocycles. The smallest absolute Gasteiger partial charge is 0.282 e. The molecule has 172 valence electrons. The van der Waals surface area contributed by atoms with Crippen molar-refractivity contribution in [2.24, 2.45) is 0 Å². The molecule has 0 aliphatic carbocycles. The number of amides is 2. The second-order valence-electron chi connectivity index (χ2n) is 7.53. The van der Waals surface area contributed by atoms with Gasteiger partial charge in [-0.15, -0.1) is 0 Å². The van der Waals surface area contributed by atoms with Crippen LogP contribution in [0.4, 0.5) is 17.1 Å². The maximum Gasteiger partial charge on any atom is 0.282 e. The van der Waals surface area contributed by atoms with Crippen molar-refractivity contribution in [2.45, 2.75) is 6.92 Å². The van der Waals surface area contributed by atoms with Gasteiger partial charge in [0.15, 0.2) is 0 Å². The Hall–Kier alpha value is -4.66. The van der Waals surface area contributed by atoms with E-state index in [1.54, 1.807) is 42.5 Å². The number of nitrogens with one attached hydrogen (secondary N) is 1. The zero-order chi connectivity index (χ0) is 24.4. The number of carbonyl (C=O) groups excluding carboxylic acids is 2. The molecule has 0 bridgehead atoms. The fraction of sp³-hybridized carbons (Fsp3) is 0.120. The van der Waals surface area contributed by atoms with E-state index in [1.165, 1.54) is 38.5 Å². The minimum absolute atomic E-state index is 0.0305. The highest BCUT2D eigenvalue weighted by Gasteiger charge is 2.40. The quantitative estimate of drug-likeness (QED) is 0.318. The van der Waals surface area contributed by atoms with Crippen molar-refractivity contribution in [3.05, 3.63) is 93.7 Å². The van der Waals surface area contributed by atoms with Crippen LogP contribution in [0.2, 0.25) is 0 Å². The van der Waals surface area contributed by atoms with Crippen molar-refractivity contribution in [2.75, 3.05) is 24.4 Å². The van der Waals surface area contributed by atoms with E-state index in [2.05, 4.69) is 5.32 Å². The molecule has 2 amide bonds. The Morgan fingerprint density at radius 1 is 0.882 bits per heavy atom. The summed E-state index contributed by atoms with van der Waals surface area (Å²) in [7, 11) is 3.00. The molecular weight excluding hydrogens is 438 g/mol. The molecular formula is C25H21N3O6. The molecule has 9 nitrogen and oxygen atoms in total. The van der Waals surface area contributed by atoms with E-state index in [0.717, 1.165) is 10.5 Å². The summed E-state index contributed by atoms with van der Waals surface area (Å²) in [6, 6.07) is 17.5. The number of carbonyl (C=O) groups is 2. The van der Waals surface area contributed by atoms with Crippen molar-refractivity contribution in [3.8, 4) is 11.5 Å². The van der Waals surface area contributed by atoms with Gasteiger partial charge in [0, 0.05) is 18.2 Å². The SMILES string of the molecule is COc1ccc(NC2=C(c3ccc([N+](=O)[O-])cc3)C(=O)N(c3ccc(C)cc3)C2=O)c(OC)c1. The van der Waals surface area contributed by atoms with Crippen LogP contribution in [0.3, 0.4) is 0 Å². The lowest BCUT2D eigenvalue weighted by Crippen LogP contribution is -2.32. The van der Waals surface area contributed by atoms with Crippen LogP contribution in [0.5, 0.6) is 11.5 Å². The Balaban J connectivity index is 1.83. The first-order valence-electron chi connectivity index (χ1n) is 10.3. The molecule has 0 saturated carbocycles. The van der Waals surface area contributed by atoms with Crippen LogP contribution in [0.25, 0.3) is 5.57 Å². The van der Waals surface area contributed by atoms with Crippen LogP contribution < -0.4 is 19.7 Å². The molecule has 0 spiro atoms. The van der Waals surface area contributed by atoms with Crippen LogP contribution in [-0.4, -0.2) is 31.0 Å². The lowest BCUT2D eigenvalue weighted by Gasteiger charge is -2.16. The van der Waals surface area contributed by atoms with E-state index in [0.29, 0.717) is 28.4 Å². The third kappa shape index (κ3) is 4.06. The minimum atomic E-state index is -0.555. The van der Waals surface area contributed by atoms with E-state index in [-0.39, 0.29) is 17.0 Å². The van der Waals surface area contributed by atoms with Crippen molar-refractivity contribution >= 4 is 34.4 Å². The summed E-state index contributed by atoms with van der Waals surface area (Å²) in [5.74, 6) is -0.135. The van der Waals surface area contributed by atoms with Gasteiger partial charge in [-0.05, 0) is 48.9 Å². The summed E-state index contributed by atoms with van der Waals surface area (Å²) in [6.45, 7) is 1.90. The van der Waals surface area contributed by atoms with Gasteiger partial charge in [-0.2, -0.15) is 0 Å². The van der Waals surface area contributed by atoms with Gasteiger partial charge in [-0.3, -0.25) is 19.7 Å². The third-order valence-electron chi connectivity index (χ3n) is 5.41. The second-order valence-corrected chi connectivity index (χ2v) is 7.53. The first-order valence-corrected chi connectivity index (χ1v) is 10.3. The number of methoxy groups -OCH3 is 2. The van der Waals surface area contributed by atoms with Crippen LogP contribution in [0.1, 0.15) is 11.1 Å². The Labute approximate surface area is 195 Å². The highest BCUT2D eigenvalue weighted by molar-refractivity contribution is 6.46. The molecule has 0 atom stereocenters. The van der Waals surface area contributed by atoms with Crippen LogP contribution in [-0.2, 0) is 9.59 Å². The van der Waals surface area contributed by atoms with Crippen LogP contribution in [0.15, 0.2) is 72.4 Å². The molecule has 3 aromatic rings. The number of non-ortho nitro benzene ring substituents is 1. The summed E-state index contributed by atoms with van der Waals surface area (Å²) >= 11 is 0. The third-order valence-corrected chi connectivity index (χ3v) is 5.41. The summed E-state index contributed by atoms with van der Waals surface area (Å²) < 4.78 is 10.6. The number of nitrogens with zero attached hydrogens (tertiary/aromatic N) is 2. The number of rotatable bonds is 7. The number of hydrogen-bond donors (Lipinski definition) is 1. The van der Waals surface area contributed by atoms with Gasteiger partial charge in [0.05, 0.1) is 36.1 Å². The lowest BCUT2D eigenvalue weighted by molar-refractivity contribution is -0.384. The number of benzene rings is 3. The molecule has 4 rings (SSSR count). The standard InChI is InChI=1S/C25H21N3O6/c1-15-4-8-17(9-5-15)27-24(29)22(16-6-10-18(11-7-16)28(31)32)23(25(27)30)26-20-13-12-19(33-2)14-21(20)34-3/h4-14,26H,1-3H3. The van der Waals surface area contributed by atoms with E-state index in [1.807, 2.05) is 6.92 Å². The molecule has 1 N–H and O–H groups in total. The fourth-order valence-electron chi connectivity index (χ4n) is 3.63. The highest BCUT2D eigenvalue weighted by atomic mass is 16.6. The van der Waals surface area contributed by atoms with Gasteiger partial charge >= 0.3 is 0 Å². The number of anilines is 2. The zero-order valence-corrected chi connectivity index (χ0v) is 18.7. The Morgan fingerprint density at radius 2 is 1.56 bits per heavy atom. The molecule has 0 unspecified atom stereocenters. The van der Waals surface area contributed by atoms with Gasteiger partial charge in [0.1, 0.15) is 17.2 Å². The van der Waals surface area contributed by atoms with Gasteiger partial charge in [0.25, 0.3) is 17.5 Å². The predicted octanol–water partition coefficient (Wildman–Crippen LogP) is 4.32. The molecule has 0 radical (unpaired) electrons. The number of nitro benzene ring substituents is 1. The largest absolute Gasteiger partial charge is 0.497 e. The zero-order valence-electron chi connectivity index (χ0n) is 18.7. The molecule has 1 aliphatic heterocycles. The second kappa shape index (κ2) is 9.07. The van der Waals surface area contributed by atoms with Crippen LogP contribution >= 0.6 is 0 Å². The molecule has 1 heterocycles. The average molecular weight is 459 g/mol. The van der Waals surface area contributed by atoms with Crippen molar-refractivity contribution in [1.82, 2.24) is 0 Å². The van der Waals surface area contributed by atoms with Crippen molar-refractivity contribution < 1.29 is 24.0 Å². The van der Waals surface area contributed by atoms with Crippen molar-refractivity contribution in [3.63, 3.8) is 0 Å². The number of imide groups is 1. The Bertz CT molecular complexity index is 1310. The number of aryl methyl sites for hydroxylation is 1. The Kier molecular flexibility index (Phi) is 6.01. The number of nitro groups is 1. The van der Waals surface area contributed by atoms with Gasteiger partial charge < -0.3 is 14.8 Å². The van der Waals surface area contributed by atoms with Gasteiger partial charge in [-0.1, -0.05) is 17.7 Å². The Morgan fingerprint density at radius 3 is 2.15 bits per heavy atom. The van der Waals surface area contributed by atoms with E-state index in [9.17, 15) is 19.7 Å². The number of ether oxygens (including phenoxy) is 2. The monoisotopic (exact) mass is 459 g/mol. The number of hydrogen-bond acceptors (Lipinski definition) is 7. The van der Waals surface area contributed by atoms with E-state index < -0.39 is 16.7 Å². The summed E-state index contributed by atoms with van der Waals surface area (Å²) in [5.41, 5.74) is 2.22. The van der Waals surface area contributed by atoms with Crippen LogP contribution in [0, 0.1) is 17.0 Å². The first-order chi connectivity index (χ1) is 16.3. The molecule has 9 heteroatoms. The maximum atomic E-state index is 13.5. The summed E-state index contributed by atoms with van der Waals surface area (Å²) in [4.78, 5) is 38.6. The normalized spacial score (nSPS) is 13.3. The molecule has 0 fully saturated rings. The topological polar surface area (TPSA) is 111 Å². The molecule has 3 aromatic carbocycles. The predicted molar refractivity (Wildman–Crippen MR) is 127 cm³/mol. The lowest BCUT2D eigenvalue weighted by atomic mass is 10.0. The van der Waals surface area contributed by atoms with E-state index >= 15 is 0 Å². The maximum absolute atomic E-state index is 13.5. The molecule has 34 heavy (non-hydrogen) atoms. The van der Waals surface area contributed by atoms with Gasteiger partial charge in [-0.25, -0.2) is 4.90 Å². The van der Waals surface area contributed by atoms with E-state index in [4.69, 9.17) is 9.47 Å². The molecule has 0 aromatic heterocycles. The summed E-state index contributed by atoms with van der Waals surface area (Å²) in [5, 5.41) is 14.1. The first kappa shape index (κ1) is 22.5. The summed E-state index contributed by atoms with van der Waals surface area (Å²) in [6.07, 6.45) is 0.